The Bertz CT molecular complexity index is 460. The number of Topliss-reactive ketones (excluding diaryl/α,β-unsaturated/α-hetero) is 1. The van der Waals surface area contributed by atoms with Crippen LogP contribution in [0.1, 0.15) is 30.6 Å². The fraction of sp³-hybridized carbons (Fsp3) is 0.385. The Morgan fingerprint density at radius 3 is 2.56 bits per heavy atom. The summed E-state index contributed by atoms with van der Waals surface area (Å²) in [7, 11) is 0. The summed E-state index contributed by atoms with van der Waals surface area (Å²) in [5.74, 6) is -2.04. The predicted octanol–water partition coefficient (Wildman–Crippen LogP) is 2.33. The van der Waals surface area contributed by atoms with Gasteiger partial charge in [0, 0.05) is 6.54 Å². The van der Waals surface area contributed by atoms with E-state index in [9.17, 15) is 14.0 Å². The zero-order valence-electron chi connectivity index (χ0n) is 10.4. The third-order valence-electron chi connectivity index (χ3n) is 2.50. The van der Waals surface area contributed by atoms with Crippen molar-refractivity contribution in [3.8, 4) is 0 Å². The summed E-state index contributed by atoms with van der Waals surface area (Å²) in [6.45, 7) is 3.36. The molecule has 0 unspecified atom stereocenters. The lowest BCUT2D eigenvalue weighted by molar-refractivity contribution is -0.135. The average Bonchev–Trinajstić information content (AvgIpc) is 2.27. The van der Waals surface area contributed by atoms with Crippen molar-refractivity contribution in [3.63, 3.8) is 0 Å². The van der Waals surface area contributed by atoms with Crippen LogP contribution in [0.25, 0.3) is 0 Å². The van der Waals surface area contributed by atoms with Gasteiger partial charge >= 0.3 is 5.97 Å². The van der Waals surface area contributed by atoms with Gasteiger partial charge in [-0.05, 0) is 25.5 Å². The Hall–Kier alpha value is -1.91. The molecule has 0 aromatic heterocycles. The van der Waals surface area contributed by atoms with Crippen molar-refractivity contribution >= 4 is 17.4 Å². The highest BCUT2D eigenvalue weighted by atomic mass is 19.1. The molecule has 0 fully saturated rings. The standard InChI is InChI=1S/C13H16FNO3/c1-3-7-15(8-12(17)18)11-6-4-5-10(14)13(11)9(2)16/h4-6H,3,7-8H2,1-2H3,(H,17,18). The van der Waals surface area contributed by atoms with Gasteiger partial charge in [-0.1, -0.05) is 13.0 Å². The van der Waals surface area contributed by atoms with Gasteiger partial charge in [0.25, 0.3) is 0 Å². The molecule has 0 amide bonds. The Labute approximate surface area is 105 Å². The maximum atomic E-state index is 13.6. The largest absolute Gasteiger partial charge is 0.480 e. The van der Waals surface area contributed by atoms with Gasteiger partial charge in [-0.2, -0.15) is 0 Å². The minimum Gasteiger partial charge on any atom is -0.480 e. The number of benzene rings is 1. The number of aliphatic carboxylic acids is 1. The van der Waals surface area contributed by atoms with Crippen molar-refractivity contribution in [1.82, 2.24) is 0 Å². The highest BCUT2D eigenvalue weighted by molar-refractivity contribution is 6.00. The Morgan fingerprint density at radius 2 is 2.06 bits per heavy atom. The molecule has 0 saturated heterocycles. The first-order chi connectivity index (χ1) is 8.47. The van der Waals surface area contributed by atoms with Gasteiger partial charge in [-0.3, -0.25) is 9.59 Å². The van der Waals surface area contributed by atoms with E-state index in [1.165, 1.54) is 24.0 Å². The van der Waals surface area contributed by atoms with Crippen molar-refractivity contribution in [1.29, 1.82) is 0 Å². The number of halogens is 1. The first-order valence-electron chi connectivity index (χ1n) is 5.73. The van der Waals surface area contributed by atoms with Crippen LogP contribution in [0.4, 0.5) is 10.1 Å². The monoisotopic (exact) mass is 253 g/mol. The minimum absolute atomic E-state index is 0.0489. The molecule has 0 atom stereocenters. The molecule has 0 radical (unpaired) electrons. The van der Waals surface area contributed by atoms with Gasteiger partial charge in [0.05, 0.1) is 11.3 Å². The highest BCUT2D eigenvalue weighted by Gasteiger charge is 2.19. The number of carbonyl (C=O) groups excluding carboxylic acids is 1. The van der Waals surface area contributed by atoms with Crippen molar-refractivity contribution < 1.29 is 19.1 Å². The fourth-order valence-corrected chi connectivity index (χ4v) is 1.84. The van der Waals surface area contributed by atoms with E-state index in [1.54, 1.807) is 6.07 Å². The molecule has 0 aliphatic carbocycles. The van der Waals surface area contributed by atoms with Crippen LogP contribution < -0.4 is 4.90 Å². The summed E-state index contributed by atoms with van der Waals surface area (Å²) in [5.41, 5.74) is 0.291. The second kappa shape index (κ2) is 6.14. The molecule has 0 bridgehead atoms. The van der Waals surface area contributed by atoms with Crippen LogP contribution in [0.3, 0.4) is 0 Å². The van der Waals surface area contributed by atoms with Crippen molar-refractivity contribution in [3.05, 3.63) is 29.6 Å². The number of rotatable bonds is 6. The number of ketones is 1. The average molecular weight is 253 g/mol. The molecule has 1 N–H and O–H groups in total. The number of hydrogen-bond acceptors (Lipinski definition) is 3. The predicted molar refractivity (Wildman–Crippen MR) is 66.5 cm³/mol. The third kappa shape index (κ3) is 3.29. The van der Waals surface area contributed by atoms with E-state index in [1.807, 2.05) is 6.92 Å². The summed E-state index contributed by atoms with van der Waals surface area (Å²) >= 11 is 0. The van der Waals surface area contributed by atoms with Crippen LogP contribution in [0.2, 0.25) is 0 Å². The van der Waals surface area contributed by atoms with E-state index >= 15 is 0 Å². The zero-order chi connectivity index (χ0) is 13.7. The molecule has 0 heterocycles. The van der Waals surface area contributed by atoms with Crippen LogP contribution in [-0.2, 0) is 4.79 Å². The van der Waals surface area contributed by atoms with E-state index in [0.717, 1.165) is 0 Å². The van der Waals surface area contributed by atoms with Crippen LogP contribution >= 0.6 is 0 Å². The molecule has 0 aliphatic rings. The summed E-state index contributed by atoms with van der Waals surface area (Å²) in [6.07, 6.45) is 0.709. The molecular formula is C13H16FNO3. The highest BCUT2D eigenvalue weighted by Crippen LogP contribution is 2.24. The van der Waals surface area contributed by atoms with Gasteiger partial charge in [0.2, 0.25) is 0 Å². The number of carboxylic acids is 1. The van der Waals surface area contributed by atoms with E-state index in [2.05, 4.69) is 0 Å². The van der Waals surface area contributed by atoms with E-state index < -0.39 is 17.6 Å². The van der Waals surface area contributed by atoms with Crippen molar-refractivity contribution in [2.24, 2.45) is 0 Å². The molecule has 1 aromatic rings. The van der Waals surface area contributed by atoms with E-state index in [0.29, 0.717) is 18.7 Å². The smallest absolute Gasteiger partial charge is 0.323 e. The number of hydrogen-bond donors (Lipinski definition) is 1. The number of anilines is 1. The normalized spacial score (nSPS) is 10.2. The second-order valence-corrected chi connectivity index (χ2v) is 4.01. The fourth-order valence-electron chi connectivity index (χ4n) is 1.84. The molecule has 0 spiro atoms. The lowest BCUT2D eigenvalue weighted by Crippen LogP contribution is -2.31. The molecule has 5 heteroatoms. The summed E-state index contributed by atoms with van der Waals surface area (Å²) in [4.78, 5) is 23.8. The van der Waals surface area contributed by atoms with Crippen molar-refractivity contribution in [2.45, 2.75) is 20.3 Å². The Morgan fingerprint density at radius 1 is 1.39 bits per heavy atom. The first kappa shape index (κ1) is 14.2. The van der Waals surface area contributed by atoms with Gasteiger partial charge in [0.1, 0.15) is 12.4 Å². The molecule has 1 rings (SSSR count). The molecule has 18 heavy (non-hydrogen) atoms. The maximum absolute atomic E-state index is 13.6. The lowest BCUT2D eigenvalue weighted by Gasteiger charge is -2.24. The lowest BCUT2D eigenvalue weighted by atomic mass is 10.1. The number of carbonyl (C=O) groups is 2. The quantitative estimate of drug-likeness (QED) is 0.790. The second-order valence-electron chi connectivity index (χ2n) is 4.01. The van der Waals surface area contributed by atoms with Gasteiger partial charge < -0.3 is 10.0 Å². The van der Waals surface area contributed by atoms with Gasteiger partial charge in [-0.25, -0.2) is 4.39 Å². The topological polar surface area (TPSA) is 57.6 Å². The summed E-state index contributed by atoms with van der Waals surface area (Å²) < 4.78 is 13.6. The molecule has 4 nitrogen and oxygen atoms in total. The first-order valence-corrected chi connectivity index (χ1v) is 5.73. The van der Waals surface area contributed by atoms with Gasteiger partial charge in [0.15, 0.2) is 5.78 Å². The van der Waals surface area contributed by atoms with Crippen LogP contribution in [-0.4, -0.2) is 29.9 Å². The van der Waals surface area contributed by atoms with Crippen LogP contribution in [0.5, 0.6) is 0 Å². The molecular weight excluding hydrogens is 237 g/mol. The molecule has 1 aromatic carbocycles. The Kier molecular flexibility index (Phi) is 4.83. The SMILES string of the molecule is CCCN(CC(=O)O)c1cccc(F)c1C(C)=O. The summed E-state index contributed by atoms with van der Waals surface area (Å²) in [6, 6.07) is 4.24. The maximum Gasteiger partial charge on any atom is 0.323 e. The van der Waals surface area contributed by atoms with Gasteiger partial charge in [-0.15, -0.1) is 0 Å². The molecule has 0 aliphatic heterocycles. The van der Waals surface area contributed by atoms with Crippen LogP contribution in [0, 0.1) is 5.82 Å². The molecule has 0 saturated carbocycles. The number of carboxylic acid groups (broad SMARTS) is 1. The zero-order valence-corrected chi connectivity index (χ0v) is 10.4. The Balaban J connectivity index is 3.22. The van der Waals surface area contributed by atoms with Crippen molar-refractivity contribution in [2.75, 3.05) is 18.0 Å². The number of nitrogens with zero attached hydrogens (tertiary/aromatic N) is 1. The van der Waals surface area contributed by atoms with Crippen LogP contribution in [0.15, 0.2) is 18.2 Å². The molecule has 98 valence electrons. The van der Waals surface area contributed by atoms with E-state index in [4.69, 9.17) is 5.11 Å². The third-order valence-corrected chi connectivity index (χ3v) is 2.50. The minimum atomic E-state index is -1.01. The summed E-state index contributed by atoms with van der Waals surface area (Å²) in [5, 5.41) is 8.85. The van der Waals surface area contributed by atoms with E-state index in [-0.39, 0.29) is 12.1 Å².